The highest BCUT2D eigenvalue weighted by atomic mass is 35.5. The predicted molar refractivity (Wildman–Crippen MR) is 122 cm³/mol. The van der Waals surface area contributed by atoms with E-state index >= 15 is 0 Å². The van der Waals surface area contributed by atoms with Crippen LogP contribution in [0.3, 0.4) is 0 Å². The molecule has 0 saturated heterocycles. The molecule has 30 heavy (non-hydrogen) atoms. The minimum Gasteiger partial charge on any atom is -0.483 e. The second-order valence-corrected chi connectivity index (χ2v) is 7.98. The Morgan fingerprint density at radius 1 is 1.23 bits per heavy atom. The highest BCUT2D eigenvalue weighted by molar-refractivity contribution is 7.99. The fourth-order valence-electron chi connectivity index (χ4n) is 2.68. The van der Waals surface area contributed by atoms with E-state index in [0.717, 1.165) is 5.75 Å². The lowest BCUT2D eigenvalue weighted by molar-refractivity contribution is -0.113. The fourth-order valence-corrected chi connectivity index (χ4v) is 3.78. The van der Waals surface area contributed by atoms with Gasteiger partial charge in [-0.15, -0.1) is 16.8 Å². The molecule has 0 bridgehead atoms. The summed E-state index contributed by atoms with van der Waals surface area (Å²) in [5, 5.41) is 12.5. The van der Waals surface area contributed by atoms with E-state index in [0.29, 0.717) is 33.3 Å². The number of nitrogens with one attached hydrogen (secondary N) is 1. The Hall–Kier alpha value is -2.48. The van der Waals surface area contributed by atoms with Crippen molar-refractivity contribution in [2.75, 3.05) is 11.1 Å². The molecule has 0 spiro atoms. The van der Waals surface area contributed by atoms with E-state index in [-0.39, 0.29) is 17.8 Å². The molecule has 1 amide bonds. The normalized spacial score (nSPS) is 11.7. The molecule has 0 aliphatic rings. The number of nitrogens with zero attached hydrogens (tertiary/aromatic N) is 3. The molecule has 1 atom stereocenters. The number of halogens is 2. The molecule has 156 valence electrons. The van der Waals surface area contributed by atoms with Crippen molar-refractivity contribution in [1.82, 2.24) is 14.8 Å². The van der Waals surface area contributed by atoms with Crippen molar-refractivity contribution in [3.63, 3.8) is 0 Å². The molecule has 0 saturated carbocycles. The van der Waals surface area contributed by atoms with E-state index in [1.54, 1.807) is 24.3 Å². The zero-order valence-corrected chi connectivity index (χ0v) is 18.5. The van der Waals surface area contributed by atoms with Gasteiger partial charge in [-0.25, -0.2) is 0 Å². The van der Waals surface area contributed by atoms with Gasteiger partial charge in [0.05, 0.1) is 21.5 Å². The highest BCUT2D eigenvalue weighted by Gasteiger charge is 2.20. The zero-order chi connectivity index (χ0) is 21.5. The number of carbonyl (C=O) groups is 1. The van der Waals surface area contributed by atoms with Gasteiger partial charge < -0.3 is 10.1 Å². The van der Waals surface area contributed by atoms with Crippen molar-refractivity contribution < 1.29 is 9.53 Å². The van der Waals surface area contributed by atoms with Crippen LogP contribution in [0.1, 0.15) is 18.9 Å². The number of allylic oxidation sites excluding steroid dienone is 1. The number of ether oxygens (including phenoxy) is 1. The lowest BCUT2D eigenvalue weighted by Crippen LogP contribution is -2.16. The van der Waals surface area contributed by atoms with Gasteiger partial charge in [-0.2, -0.15) is 0 Å². The zero-order valence-electron chi connectivity index (χ0n) is 16.2. The molecule has 9 heteroatoms. The third-order valence-corrected chi connectivity index (χ3v) is 5.82. The minimum atomic E-state index is -0.326. The maximum Gasteiger partial charge on any atom is 0.234 e. The molecule has 3 rings (SSSR count). The number of hydrogen-bond donors (Lipinski definition) is 1. The van der Waals surface area contributed by atoms with Gasteiger partial charge in [-0.1, -0.05) is 65.3 Å². The summed E-state index contributed by atoms with van der Waals surface area (Å²) in [4.78, 5) is 12.4. The molecule has 2 aromatic carbocycles. The summed E-state index contributed by atoms with van der Waals surface area (Å²) in [5.74, 6) is 1.30. The molecule has 0 aliphatic carbocycles. The third kappa shape index (κ3) is 5.56. The maximum absolute atomic E-state index is 12.4. The molecule has 0 fully saturated rings. The van der Waals surface area contributed by atoms with Gasteiger partial charge in [0.1, 0.15) is 5.75 Å². The first-order valence-corrected chi connectivity index (χ1v) is 10.9. The second-order valence-electron chi connectivity index (χ2n) is 6.25. The van der Waals surface area contributed by atoms with E-state index in [4.69, 9.17) is 27.9 Å². The lowest BCUT2D eigenvalue weighted by atomic mass is 10.3. The van der Waals surface area contributed by atoms with Gasteiger partial charge in [0, 0.05) is 6.54 Å². The van der Waals surface area contributed by atoms with Crippen molar-refractivity contribution >= 4 is 46.6 Å². The first kappa shape index (κ1) is 22.2. The number of anilines is 1. The summed E-state index contributed by atoms with van der Waals surface area (Å²) in [6.07, 6.45) is 1.42. The Bertz CT molecular complexity index is 1030. The Balaban J connectivity index is 1.67. The molecule has 0 aliphatic heterocycles. The molecule has 1 aromatic heterocycles. The Morgan fingerprint density at radius 2 is 2.00 bits per heavy atom. The van der Waals surface area contributed by atoms with Gasteiger partial charge in [0.15, 0.2) is 17.1 Å². The molecule has 0 radical (unpaired) electrons. The van der Waals surface area contributed by atoms with Crippen LogP contribution in [-0.4, -0.2) is 26.4 Å². The van der Waals surface area contributed by atoms with E-state index < -0.39 is 0 Å². The van der Waals surface area contributed by atoms with Crippen LogP contribution < -0.4 is 10.1 Å². The van der Waals surface area contributed by atoms with Crippen LogP contribution in [0.25, 0.3) is 0 Å². The maximum atomic E-state index is 12.4. The van der Waals surface area contributed by atoms with Crippen molar-refractivity contribution in [3.05, 3.63) is 77.1 Å². The number of para-hydroxylation sites is 1. The average Bonchev–Trinajstić information content (AvgIpc) is 3.14. The van der Waals surface area contributed by atoms with Crippen molar-refractivity contribution in [3.8, 4) is 5.75 Å². The van der Waals surface area contributed by atoms with E-state index in [1.807, 2.05) is 41.8 Å². The van der Waals surface area contributed by atoms with Crippen molar-refractivity contribution in [2.45, 2.75) is 24.7 Å². The van der Waals surface area contributed by atoms with Crippen LogP contribution in [0.2, 0.25) is 10.0 Å². The number of thioether (sulfide) groups is 1. The predicted octanol–water partition coefficient (Wildman–Crippen LogP) is 5.64. The number of carbonyl (C=O) groups excluding carboxylic acids is 1. The van der Waals surface area contributed by atoms with E-state index in [1.165, 1.54) is 11.8 Å². The SMILES string of the molecule is C=CCn1c(SCC(=O)Nc2cccc(Cl)c2Cl)nnc1[C@H](C)Oc1ccccc1. The summed E-state index contributed by atoms with van der Waals surface area (Å²) >= 11 is 13.4. The molecule has 3 aromatic rings. The van der Waals surface area contributed by atoms with Gasteiger partial charge >= 0.3 is 0 Å². The first-order chi connectivity index (χ1) is 14.5. The van der Waals surface area contributed by atoms with Crippen LogP contribution in [-0.2, 0) is 11.3 Å². The van der Waals surface area contributed by atoms with Gasteiger partial charge in [-0.3, -0.25) is 9.36 Å². The van der Waals surface area contributed by atoms with Gasteiger partial charge in [0.2, 0.25) is 5.91 Å². The Kier molecular flexibility index (Phi) is 7.79. The number of benzene rings is 2. The smallest absolute Gasteiger partial charge is 0.234 e. The fraction of sp³-hybridized carbons (Fsp3) is 0.190. The standard InChI is InChI=1S/C21H20Cl2N4O2S/c1-3-12-27-20(14(2)29-15-8-5-4-6-9-15)25-26-21(27)30-13-18(28)24-17-11-7-10-16(22)19(17)23/h3-11,14H,1,12-13H2,2H3,(H,24,28)/t14-/m0/s1. The summed E-state index contributed by atoms with van der Waals surface area (Å²) in [7, 11) is 0. The number of amides is 1. The van der Waals surface area contributed by atoms with Gasteiger partial charge in [0.25, 0.3) is 0 Å². The number of aromatic nitrogens is 3. The van der Waals surface area contributed by atoms with Crippen LogP contribution in [0.15, 0.2) is 66.3 Å². The van der Waals surface area contributed by atoms with E-state index in [2.05, 4.69) is 22.1 Å². The number of hydrogen-bond acceptors (Lipinski definition) is 5. The van der Waals surface area contributed by atoms with Crippen molar-refractivity contribution in [1.29, 1.82) is 0 Å². The molecular formula is C21H20Cl2N4O2S. The third-order valence-electron chi connectivity index (χ3n) is 4.03. The monoisotopic (exact) mass is 462 g/mol. The average molecular weight is 463 g/mol. The molecule has 1 heterocycles. The summed E-state index contributed by atoms with van der Waals surface area (Å²) in [6, 6.07) is 14.6. The van der Waals surface area contributed by atoms with Gasteiger partial charge in [-0.05, 0) is 31.2 Å². The Morgan fingerprint density at radius 3 is 2.73 bits per heavy atom. The van der Waals surface area contributed by atoms with Crippen molar-refractivity contribution in [2.24, 2.45) is 0 Å². The number of rotatable bonds is 9. The minimum absolute atomic E-state index is 0.131. The highest BCUT2D eigenvalue weighted by Crippen LogP contribution is 2.30. The van der Waals surface area contributed by atoms with Crippen LogP contribution in [0.4, 0.5) is 5.69 Å². The summed E-state index contributed by atoms with van der Waals surface area (Å²) < 4.78 is 7.84. The second kappa shape index (κ2) is 10.5. The molecular weight excluding hydrogens is 443 g/mol. The first-order valence-electron chi connectivity index (χ1n) is 9.12. The molecule has 1 N–H and O–H groups in total. The van der Waals surface area contributed by atoms with E-state index in [9.17, 15) is 4.79 Å². The van der Waals surface area contributed by atoms with Crippen LogP contribution in [0, 0.1) is 0 Å². The van der Waals surface area contributed by atoms with Crippen LogP contribution >= 0.6 is 35.0 Å². The van der Waals surface area contributed by atoms with Crippen LogP contribution in [0.5, 0.6) is 5.75 Å². The summed E-state index contributed by atoms with van der Waals surface area (Å²) in [5.41, 5.74) is 0.466. The molecule has 0 unspecified atom stereocenters. The lowest BCUT2D eigenvalue weighted by Gasteiger charge is -2.15. The topological polar surface area (TPSA) is 69.0 Å². The quantitative estimate of drug-likeness (QED) is 0.329. The Labute approximate surface area is 189 Å². The summed E-state index contributed by atoms with van der Waals surface area (Å²) in [6.45, 7) is 6.19. The largest absolute Gasteiger partial charge is 0.483 e. The molecule has 6 nitrogen and oxygen atoms in total.